The molecule has 5 nitrogen and oxygen atoms in total. The Balaban J connectivity index is 1.35. The summed E-state index contributed by atoms with van der Waals surface area (Å²) in [5, 5.41) is 4.91. The summed E-state index contributed by atoms with van der Waals surface area (Å²) in [5.74, 6) is 2.72. The molecule has 29 heavy (non-hydrogen) atoms. The standard InChI is InChI=1S/C24H31N5/c1-15-2-11-22-21(12-15)24(29-14-19-9-10-20(29)13-25-19)28-23(27-22)16-3-5-17(6-4-16)26-18-7-8-18/h2,11-12,16,18-20,25H,3-10,13-14H2,1H3. The number of hydrogen-bond acceptors (Lipinski definition) is 5. The van der Waals surface area contributed by atoms with Crippen molar-refractivity contribution in [2.24, 2.45) is 4.99 Å². The van der Waals surface area contributed by atoms with Crippen molar-refractivity contribution in [1.29, 1.82) is 0 Å². The molecule has 5 aliphatic rings. The highest BCUT2D eigenvalue weighted by molar-refractivity contribution is 5.90. The van der Waals surface area contributed by atoms with Crippen LogP contribution < -0.4 is 10.2 Å². The molecule has 2 atom stereocenters. The molecule has 0 spiro atoms. The van der Waals surface area contributed by atoms with Gasteiger partial charge in [-0.05, 0) is 70.4 Å². The number of nitrogens with zero attached hydrogens (tertiary/aromatic N) is 4. The molecule has 1 aromatic heterocycles. The highest BCUT2D eigenvalue weighted by Gasteiger charge is 2.35. The van der Waals surface area contributed by atoms with Gasteiger partial charge in [0, 0.05) is 42.2 Å². The number of rotatable bonds is 3. The monoisotopic (exact) mass is 389 g/mol. The molecule has 2 bridgehead atoms. The van der Waals surface area contributed by atoms with Crippen molar-refractivity contribution in [2.75, 3.05) is 18.0 Å². The molecule has 5 fully saturated rings. The molecule has 2 unspecified atom stereocenters. The minimum absolute atomic E-state index is 0.470. The molecule has 4 heterocycles. The van der Waals surface area contributed by atoms with Crippen LogP contribution in [0.2, 0.25) is 0 Å². The summed E-state index contributed by atoms with van der Waals surface area (Å²) < 4.78 is 0. The van der Waals surface area contributed by atoms with Gasteiger partial charge in [-0.3, -0.25) is 4.99 Å². The number of nitrogens with one attached hydrogen (secondary N) is 1. The van der Waals surface area contributed by atoms with E-state index in [1.807, 2.05) is 0 Å². The van der Waals surface area contributed by atoms with Gasteiger partial charge in [-0.1, -0.05) is 11.6 Å². The van der Waals surface area contributed by atoms with E-state index in [9.17, 15) is 0 Å². The SMILES string of the molecule is Cc1ccc2nc(C3CCC(=NC4CC4)CC3)nc(N3CC4CCC3CN4)c2c1. The van der Waals surface area contributed by atoms with Crippen molar-refractivity contribution >= 4 is 22.4 Å². The molecule has 152 valence electrons. The first-order valence-corrected chi connectivity index (χ1v) is 11.6. The summed E-state index contributed by atoms with van der Waals surface area (Å²) in [6.07, 6.45) is 9.73. The van der Waals surface area contributed by atoms with Gasteiger partial charge in [0.1, 0.15) is 11.6 Å². The third kappa shape index (κ3) is 3.43. The number of piperazine rings is 1. The molecule has 2 saturated carbocycles. The average Bonchev–Trinajstić information content (AvgIpc) is 3.58. The minimum atomic E-state index is 0.470. The molecule has 1 N–H and O–H groups in total. The topological polar surface area (TPSA) is 53.4 Å². The summed E-state index contributed by atoms with van der Waals surface area (Å²) in [5.41, 5.74) is 3.84. The highest BCUT2D eigenvalue weighted by Crippen LogP contribution is 2.37. The van der Waals surface area contributed by atoms with Crippen LogP contribution in [0.3, 0.4) is 0 Å². The average molecular weight is 390 g/mol. The van der Waals surface area contributed by atoms with Crippen LogP contribution in [0, 0.1) is 6.92 Å². The van der Waals surface area contributed by atoms with Gasteiger partial charge in [-0.15, -0.1) is 0 Å². The lowest BCUT2D eigenvalue weighted by molar-refractivity contribution is 0.289. The summed E-state index contributed by atoms with van der Waals surface area (Å²) in [4.78, 5) is 17.8. The lowest BCUT2D eigenvalue weighted by atomic mass is 9.87. The van der Waals surface area contributed by atoms with Crippen LogP contribution in [0.4, 0.5) is 5.82 Å². The second kappa shape index (κ2) is 7.05. The van der Waals surface area contributed by atoms with Crippen LogP contribution in [0.1, 0.15) is 68.7 Å². The zero-order valence-electron chi connectivity index (χ0n) is 17.4. The first-order valence-electron chi connectivity index (χ1n) is 11.6. The quantitative estimate of drug-likeness (QED) is 0.857. The van der Waals surface area contributed by atoms with E-state index in [1.165, 1.54) is 48.2 Å². The zero-order chi connectivity index (χ0) is 19.4. The maximum absolute atomic E-state index is 5.25. The minimum Gasteiger partial charge on any atom is -0.350 e. The van der Waals surface area contributed by atoms with Crippen LogP contribution in [0.15, 0.2) is 23.2 Å². The van der Waals surface area contributed by atoms with Crippen molar-refractivity contribution in [1.82, 2.24) is 15.3 Å². The molecule has 5 heteroatoms. The molecule has 3 saturated heterocycles. The fraction of sp³-hybridized carbons (Fsp3) is 0.625. The van der Waals surface area contributed by atoms with Crippen LogP contribution in [0.25, 0.3) is 10.9 Å². The van der Waals surface area contributed by atoms with E-state index in [2.05, 4.69) is 35.3 Å². The van der Waals surface area contributed by atoms with Gasteiger partial charge in [-0.2, -0.15) is 0 Å². The van der Waals surface area contributed by atoms with E-state index in [1.54, 1.807) is 0 Å². The van der Waals surface area contributed by atoms with E-state index < -0.39 is 0 Å². The van der Waals surface area contributed by atoms with Crippen molar-refractivity contribution in [2.45, 2.75) is 82.3 Å². The molecule has 7 rings (SSSR count). The van der Waals surface area contributed by atoms with Crippen molar-refractivity contribution in [3.63, 3.8) is 0 Å². The first-order chi connectivity index (χ1) is 14.2. The summed E-state index contributed by atoms with van der Waals surface area (Å²) >= 11 is 0. The van der Waals surface area contributed by atoms with Crippen molar-refractivity contribution in [3.05, 3.63) is 29.6 Å². The van der Waals surface area contributed by atoms with Crippen LogP contribution in [-0.4, -0.2) is 46.9 Å². The van der Waals surface area contributed by atoms with E-state index in [4.69, 9.17) is 15.0 Å². The predicted molar refractivity (Wildman–Crippen MR) is 118 cm³/mol. The number of anilines is 1. The Morgan fingerprint density at radius 2 is 1.90 bits per heavy atom. The molecule has 2 aromatic rings. The fourth-order valence-corrected chi connectivity index (χ4v) is 5.41. The van der Waals surface area contributed by atoms with Gasteiger partial charge in [0.25, 0.3) is 0 Å². The van der Waals surface area contributed by atoms with Gasteiger partial charge < -0.3 is 10.2 Å². The number of aromatic nitrogens is 2. The van der Waals surface area contributed by atoms with Crippen LogP contribution in [-0.2, 0) is 0 Å². The number of benzene rings is 1. The third-order valence-corrected chi connectivity index (χ3v) is 7.31. The Kier molecular flexibility index (Phi) is 4.33. The normalized spacial score (nSPS) is 29.5. The molecular weight excluding hydrogens is 358 g/mol. The molecule has 0 amide bonds. The number of piperidine rings is 2. The Bertz CT molecular complexity index is 945. The van der Waals surface area contributed by atoms with E-state index >= 15 is 0 Å². The maximum Gasteiger partial charge on any atom is 0.140 e. The summed E-state index contributed by atoms with van der Waals surface area (Å²) in [6, 6.07) is 8.49. The van der Waals surface area contributed by atoms with Gasteiger partial charge >= 0.3 is 0 Å². The van der Waals surface area contributed by atoms with E-state index in [0.29, 0.717) is 24.0 Å². The Morgan fingerprint density at radius 3 is 2.59 bits per heavy atom. The van der Waals surface area contributed by atoms with Crippen molar-refractivity contribution < 1.29 is 0 Å². The smallest absolute Gasteiger partial charge is 0.140 e. The highest BCUT2D eigenvalue weighted by atomic mass is 15.3. The largest absolute Gasteiger partial charge is 0.350 e. The fourth-order valence-electron chi connectivity index (χ4n) is 5.41. The first kappa shape index (κ1) is 17.8. The second-order valence-electron chi connectivity index (χ2n) is 9.62. The van der Waals surface area contributed by atoms with Gasteiger partial charge in [0.15, 0.2) is 0 Å². The predicted octanol–water partition coefficient (Wildman–Crippen LogP) is 4.14. The van der Waals surface area contributed by atoms with Gasteiger partial charge in [-0.25, -0.2) is 9.97 Å². The number of hydrogen-bond donors (Lipinski definition) is 1. The third-order valence-electron chi connectivity index (χ3n) is 7.31. The zero-order valence-corrected chi connectivity index (χ0v) is 17.4. The molecule has 1 aromatic carbocycles. The Morgan fingerprint density at radius 1 is 1.03 bits per heavy atom. The van der Waals surface area contributed by atoms with Gasteiger partial charge in [0.2, 0.25) is 0 Å². The van der Waals surface area contributed by atoms with E-state index in [0.717, 1.165) is 50.1 Å². The van der Waals surface area contributed by atoms with Crippen LogP contribution in [0.5, 0.6) is 0 Å². The van der Waals surface area contributed by atoms with Crippen molar-refractivity contribution in [3.8, 4) is 0 Å². The lowest BCUT2D eigenvalue weighted by Crippen LogP contribution is -2.61. The summed E-state index contributed by atoms with van der Waals surface area (Å²) in [7, 11) is 0. The Labute approximate surface area is 173 Å². The molecule has 2 aliphatic carbocycles. The van der Waals surface area contributed by atoms with E-state index in [-0.39, 0.29) is 0 Å². The van der Waals surface area contributed by atoms with Crippen LogP contribution >= 0.6 is 0 Å². The second-order valence-corrected chi connectivity index (χ2v) is 9.62. The number of fused-ring (bicyclic) bond motifs is 4. The van der Waals surface area contributed by atoms with Gasteiger partial charge in [0.05, 0.1) is 11.6 Å². The molecular formula is C24H31N5. The maximum atomic E-state index is 5.25. The number of aliphatic imine (C=N–C) groups is 1. The summed E-state index contributed by atoms with van der Waals surface area (Å²) in [6.45, 7) is 4.33. The molecule has 0 radical (unpaired) electrons. The lowest BCUT2D eigenvalue weighted by Gasteiger charge is -2.47. The number of aryl methyl sites for hydroxylation is 1. The Hall–Kier alpha value is -2.01. The molecule has 3 aliphatic heterocycles.